The van der Waals surface area contributed by atoms with Gasteiger partial charge >= 0.3 is 0 Å². The van der Waals surface area contributed by atoms with Gasteiger partial charge in [0.05, 0.1) is 0 Å². The zero-order valence-electron chi connectivity index (χ0n) is 10.9. The molecule has 1 aliphatic heterocycles. The number of aromatic nitrogens is 1. The molecule has 1 saturated heterocycles. The van der Waals surface area contributed by atoms with Crippen molar-refractivity contribution in [3.8, 4) is 0 Å². The highest BCUT2D eigenvalue weighted by molar-refractivity contribution is 7.89. The lowest BCUT2D eigenvalue weighted by Crippen LogP contribution is -2.48. The van der Waals surface area contributed by atoms with Crippen molar-refractivity contribution in [2.24, 2.45) is 0 Å². The standard InChI is InChI=1S/C12H18FN3O2S/c1-2-6-15-7-9-16(10-8-15)19(17,18)12-11(13)4-3-5-14-12/h3-5H,2,6-10H2,1H3. The van der Waals surface area contributed by atoms with Gasteiger partial charge in [-0.2, -0.15) is 4.31 Å². The van der Waals surface area contributed by atoms with Gasteiger partial charge in [-0.05, 0) is 25.1 Å². The second-order valence-corrected chi connectivity index (χ2v) is 6.39. The van der Waals surface area contributed by atoms with E-state index in [1.807, 2.05) is 0 Å². The van der Waals surface area contributed by atoms with Gasteiger partial charge in [-0.15, -0.1) is 0 Å². The predicted octanol–water partition coefficient (Wildman–Crippen LogP) is 0.937. The monoisotopic (exact) mass is 287 g/mol. The Morgan fingerprint density at radius 1 is 1.32 bits per heavy atom. The Morgan fingerprint density at radius 2 is 2.00 bits per heavy atom. The smallest absolute Gasteiger partial charge is 0.263 e. The van der Waals surface area contributed by atoms with E-state index in [0.717, 1.165) is 19.0 Å². The minimum atomic E-state index is -3.81. The van der Waals surface area contributed by atoms with Gasteiger partial charge in [-0.1, -0.05) is 6.92 Å². The second-order valence-electron chi connectivity index (χ2n) is 4.54. The minimum Gasteiger partial charge on any atom is -0.301 e. The number of sulfonamides is 1. The SMILES string of the molecule is CCCN1CCN(S(=O)(=O)c2ncccc2F)CC1. The molecule has 7 heteroatoms. The molecule has 1 fully saturated rings. The Hall–Kier alpha value is -1.05. The fourth-order valence-electron chi connectivity index (χ4n) is 2.19. The van der Waals surface area contributed by atoms with Gasteiger partial charge in [0.2, 0.25) is 5.03 Å². The van der Waals surface area contributed by atoms with Crippen LogP contribution < -0.4 is 0 Å². The fourth-order valence-corrected chi connectivity index (χ4v) is 3.59. The number of hydrogen-bond donors (Lipinski definition) is 0. The first-order valence-corrected chi connectivity index (χ1v) is 7.82. The van der Waals surface area contributed by atoms with Crippen LogP contribution in [0, 0.1) is 5.82 Å². The number of nitrogens with zero attached hydrogens (tertiary/aromatic N) is 3. The molecule has 2 heterocycles. The molecule has 0 aliphatic carbocycles. The van der Waals surface area contributed by atoms with Gasteiger partial charge < -0.3 is 4.90 Å². The molecule has 0 atom stereocenters. The van der Waals surface area contributed by atoms with Gasteiger partial charge in [0, 0.05) is 32.4 Å². The van der Waals surface area contributed by atoms with Crippen LogP contribution >= 0.6 is 0 Å². The molecule has 0 saturated carbocycles. The summed E-state index contributed by atoms with van der Waals surface area (Å²) in [4.78, 5) is 5.87. The topological polar surface area (TPSA) is 53.5 Å². The predicted molar refractivity (Wildman–Crippen MR) is 69.7 cm³/mol. The highest BCUT2D eigenvalue weighted by Gasteiger charge is 2.31. The van der Waals surface area contributed by atoms with E-state index in [1.165, 1.54) is 16.6 Å². The molecular weight excluding hydrogens is 269 g/mol. The lowest BCUT2D eigenvalue weighted by Gasteiger charge is -2.33. The van der Waals surface area contributed by atoms with Crippen LogP contribution in [-0.4, -0.2) is 55.3 Å². The van der Waals surface area contributed by atoms with Crippen molar-refractivity contribution in [3.63, 3.8) is 0 Å². The maximum absolute atomic E-state index is 13.6. The van der Waals surface area contributed by atoms with E-state index < -0.39 is 20.9 Å². The first kappa shape index (κ1) is 14.4. The van der Waals surface area contributed by atoms with Gasteiger partial charge in [0.1, 0.15) is 0 Å². The summed E-state index contributed by atoms with van der Waals surface area (Å²) in [6.45, 7) is 5.19. The summed E-state index contributed by atoms with van der Waals surface area (Å²) in [5, 5.41) is -0.473. The van der Waals surface area contributed by atoms with Gasteiger partial charge in [-0.25, -0.2) is 17.8 Å². The number of piperazine rings is 1. The summed E-state index contributed by atoms with van der Waals surface area (Å²) in [6.07, 6.45) is 2.34. The summed E-state index contributed by atoms with van der Waals surface area (Å²) in [5.74, 6) is -0.793. The fraction of sp³-hybridized carbons (Fsp3) is 0.583. The van der Waals surface area contributed by atoms with E-state index in [1.54, 1.807) is 0 Å². The van der Waals surface area contributed by atoms with E-state index in [-0.39, 0.29) is 0 Å². The highest BCUT2D eigenvalue weighted by Crippen LogP contribution is 2.18. The third kappa shape index (κ3) is 3.10. The summed E-state index contributed by atoms with van der Waals surface area (Å²) in [7, 11) is -3.81. The van der Waals surface area contributed by atoms with Crippen LogP contribution in [0.2, 0.25) is 0 Å². The Kier molecular flexibility index (Phi) is 4.49. The van der Waals surface area contributed by atoms with Crippen molar-refractivity contribution in [2.45, 2.75) is 18.4 Å². The molecule has 0 N–H and O–H groups in total. The van der Waals surface area contributed by atoms with Gasteiger partial charge in [0.15, 0.2) is 5.82 Å². The van der Waals surface area contributed by atoms with Crippen molar-refractivity contribution >= 4 is 10.0 Å². The molecule has 0 spiro atoms. The van der Waals surface area contributed by atoms with Gasteiger partial charge in [-0.3, -0.25) is 0 Å². The van der Waals surface area contributed by atoms with Crippen molar-refractivity contribution in [1.82, 2.24) is 14.2 Å². The van der Waals surface area contributed by atoms with Gasteiger partial charge in [0.25, 0.3) is 10.0 Å². The normalized spacial score (nSPS) is 18.6. The van der Waals surface area contributed by atoms with Crippen LogP contribution in [0.25, 0.3) is 0 Å². The Balaban J connectivity index is 2.12. The Bertz CT molecular complexity index is 528. The second kappa shape index (κ2) is 5.94. The van der Waals surface area contributed by atoms with Crippen LogP contribution in [0.5, 0.6) is 0 Å². The zero-order chi connectivity index (χ0) is 13.9. The maximum atomic E-state index is 13.6. The van der Waals surface area contributed by atoms with E-state index >= 15 is 0 Å². The van der Waals surface area contributed by atoms with E-state index in [4.69, 9.17) is 0 Å². The summed E-state index contributed by atoms with van der Waals surface area (Å²) < 4.78 is 39.4. The Morgan fingerprint density at radius 3 is 2.58 bits per heavy atom. The summed E-state index contributed by atoms with van der Waals surface area (Å²) >= 11 is 0. The summed E-state index contributed by atoms with van der Waals surface area (Å²) in [5.41, 5.74) is 0. The molecule has 19 heavy (non-hydrogen) atoms. The van der Waals surface area contributed by atoms with Crippen molar-refractivity contribution in [2.75, 3.05) is 32.7 Å². The first-order chi connectivity index (χ1) is 9.05. The molecule has 0 amide bonds. The molecule has 0 aromatic carbocycles. The molecule has 1 aromatic heterocycles. The molecule has 1 aliphatic rings. The van der Waals surface area contributed by atoms with Crippen LogP contribution in [0.3, 0.4) is 0 Å². The number of rotatable bonds is 4. The summed E-state index contributed by atoms with van der Waals surface area (Å²) in [6, 6.07) is 2.50. The largest absolute Gasteiger partial charge is 0.301 e. The molecule has 5 nitrogen and oxygen atoms in total. The lowest BCUT2D eigenvalue weighted by molar-refractivity contribution is 0.188. The van der Waals surface area contributed by atoms with E-state index in [2.05, 4.69) is 16.8 Å². The quantitative estimate of drug-likeness (QED) is 0.827. The third-order valence-corrected chi connectivity index (χ3v) is 5.01. The number of hydrogen-bond acceptors (Lipinski definition) is 4. The maximum Gasteiger partial charge on any atom is 0.263 e. The molecule has 0 bridgehead atoms. The average molecular weight is 287 g/mol. The number of pyridine rings is 1. The first-order valence-electron chi connectivity index (χ1n) is 6.38. The zero-order valence-corrected chi connectivity index (χ0v) is 11.7. The molecule has 0 unspecified atom stereocenters. The Labute approximate surface area is 113 Å². The van der Waals surface area contributed by atoms with Crippen molar-refractivity contribution in [1.29, 1.82) is 0 Å². The molecule has 2 rings (SSSR count). The van der Waals surface area contributed by atoms with Crippen LogP contribution in [-0.2, 0) is 10.0 Å². The van der Waals surface area contributed by atoms with Crippen LogP contribution in [0.4, 0.5) is 4.39 Å². The van der Waals surface area contributed by atoms with Crippen molar-refractivity contribution in [3.05, 3.63) is 24.1 Å². The van der Waals surface area contributed by atoms with Crippen LogP contribution in [0.1, 0.15) is 13.3 Å². The van der Waals surface area contributed by atoms with Crippen LogP contribution in [0.15, 0.2) is 23.4 Å². The molecule has 1 aromatic rings. The van der Waals surface area contributed by atoms with E-state index in [0.29, 0.717) is 26.2 Å². The lowest BCUT2D eigenvalue weighted by atomic mass is 10.3. The minimum absolute atomic E-state index is 0.387. The average Bonchev–Trinajstić information content (AvgIpc) is 2.40. The van der Waals surface area contributed by atoms with Crippen molar-refractivity contribution < 1.29 is 12.8 Å². The molecule has 0 radical (unpaired) electrons. The molecular formula is C12H18FN3O2S. The third-order valence-electron chi connectivity index (χ3n) is 3.18. The number of halogens is 1. The highest BCUT2D eigenvalue weighted by atomic mass is 32.2. The molecule has 106 valence electrons. The van der Waals surface area contributed by atoms with E-state index in [9.17, 15) is 12.8 Å².